The van der Waals surface area contributed by atoms with E-state index in [1.54, 1.807) is 12.1 Å². The number of rotatable bonds is 2. The molecule has 1 N–H and O–H groups in total. The van der Waals surface area contributed by atoms with E-state index in [4.69, 9.17) is 0 Å². The van der Waals surface area contributed by atoms with E-state index in [1.807, 2.05) is 6.92 Å². The van der Waals surface area contributed by atoms with Crippen molar-refractivity contribution in [1.29, 1.82) is 0 Å². The van der Waals surface area contributed by atoms with Gasteiger partial charge in [-0.2, -0.15) is 0 Å². The lowest BCUT2D eigenvalue weighted by atomic mass is 10.2. The molecule has 0 bridgehead atoms. The summed E-state index contributed by atoms with van der Waals surface area (Å²) < 4.78 is 36.0. The molecule has 1 aromatic rings. The van der Waals surface area contributed by atoms with Crippen LogP contribution in [0.3, 0.4) is 0 Å². The minimum absolute atomic E-state index is 0.0975. The Bertz CT molecular complexity index is 499. The van der Waals surface area contributed by atoms with Crippen LogP contribution in [0.4, 0.5) is 10.1 Å². The summed E-state index contributed by atoms with van der Waals surface area (Å²) in [6.45, 7) is 1.81. The number of nitrogens with one attached hydrogen (secondary N) is 1. The first-order valence-electron chi connectivity index (χ1n) is 5.19. The Balaban J connectivity index is 2.11. The van der Waals surface area contributed by atoms with Crippen LogP contribution in [0.15, 0.2) is 18.2 Å². The average Bonchev–Trinajstić information content (AvgIpc) is 2.51. The van der Waals surface area contributed by atoms with Crippen molar-refractivity contribution in [3.63, 3.8) is 0 Å². The lowest BCUT2D eigenvalue weighted by molar-refractivity contribution is 0.601. The number of anilines is 1. The van der Waals surface area contributed by atoms with Crippen LogP contribution in [0.5, 0.6) is 0 Å². The summed E-state index contributed by atoms with van der Waals surface area (Å²) in [6, 6.07) is 4.72. The summed E-state index contributed by atoms with van der Waals surface area (Å²) >= 11 is 0. The van der Waals surface area contributed by atoms with Crippen LogP contribution >= 0.6 is 0 Å². The molecule has 16 heavy (non-hydrogen) atoms. The fourth-order valence-corrected chi connectivity index (χ4v) is 3.54. The quantitative estimate of drug-likeness (QED) is 0.860. The average molecular weight is 243 g/mol. The topological polar surface area (TPSA) is 46.2 Å². The van der Waals surface area contributed by atoms with Crippen molar-refractivity contribution in [2.24, 2.45) is 0 Å². The van der Waals surface area contributed by atoms with Crippen LogP contribution in [-0.2, 0) is 9.84 Å². The van der Waals surface area contributed by atoms with Crippen LogP contribution in [-0.4, -0.2) is 26.0 Å². The molecule has 1 unspecified atom stereocenters. The van der Waals surface area contributed by atoms with E-state index >= 15 is 0 Å². The third-order valence-corrected chi connectivity index (χ3v) is 4.48. The summed E-state index contributed by atoms with van der Waals surface area (Å²) in [5, 5.41) is 2.94. The zero-order chi connectivity index (χ0) is 11.8. The van der Waals surface area contributed by atoms with Crippen LogP contribution in [0.2, 0.25) is 0 Å². The molecule has 1 aliphatic heterocycles. The standard InChI is InChI=1S/C11H14FNO2S/c1-8-2-3-11(10(12)6-8)13-9-4-5-16(14,15)7-9/h2-3,6,9,13H,4-5,7H2,1H3. The van der Waals surface area contributed by atoms with Crippen molar-refractivity contribution >= 4 is 15.5 Å². The molecule has 2 rings (SSSR count). The second-order valence-electron chi connectivity index (χ2n) is 4.23. The second-order valence-corrected chi connectivity index (χ2v) is 6.46. The fourth-order valence-electron chi connectivity index (χ4n) is 1.87. The predicted octanol–water partition coefficient (Wildman–Crippen LogP) is 1.73. The van der Waals surface area contributed by atoms with Crippen molar-refractivity contribution in [2.75, 3.05) is 16.8 Å². The normalized spacial score (nSPS) is 23.2. The number of halogens is 1. The first kappa shape index (κ1) is 11.4. The lowest BCUT2D eigenvalue weighted by Gasteiger charge is -2.13. The maximum absolute atomic E-state index is 13.5. The molecule has 1 fully saturated rings. The highest BCUT2D eigenvalue weighted by atomic mass is 32.2. The molecule has 0 aromatic heterocycles. The molecule has 0 amide bonds. The molecule has 1 saturated heterocycles. The molecular formula is C11H14FNO2S. The Labute approximate surface area is 94.6 Å². The number of sulfone groups is 1. The largest absolute Gasteiger partial charge is 0.379 e. The summed E-state index contributed by atoms with van der Waals surface area (Å²) in [4.78, 5) is 0. The second kappa shape index (κ2) is 4.05. The van der Waals surface area contributed by atoms with Crippen LogP contribution in [0.1, 0.15) is 12.0 Å². The van der Waals surface area contributed by atoms with Crippen LogP contribution in [0, 0.1) is 12.7 Å². The Morgan fingerprint density at radius 2 is 2.19 bits per heavy atom. The monoisotopic (exact) mass is 243 g/mol. The molecular weight excluding hydrogens is 229 g/mol. The highest BCUT2D eigenvalue weighted by Gasteiger charge is 2.28. The van der Waals surface area contributed by atoms with E-state index in [0.717, 1.165) is 5.56 Å². The molecule has 3 nitrogen and oxygen atoms in total. The van der Waals surface area contributed by atoms with Crippen LogP contribution < -0.4 is 5.32 Å². The Kier molecular flexibility index (Phi) is 2.88. The first-order chi connectivity index (χ1) is 7.46. The van der Waals surface area contributed by atoms with Gasteiger partial charge in [-0.15, -0.1) is 0 Å². The van der Waals surface area contributed by atoms with Gasteiger partial charge in [0.2, 0.25) is 0 Å². The van der Waals surface area contributed by atoms with Crippen LogP contribution in [0.25, 0.3) is 0 Å². The predicted molar refractivity (Wildman–Crippen MR) is 61.8 cm³/mol. The van der Waals surface area contributed by atoms with E-state index in [1.165, 1.54) is 6.07 Å². The molecule has 88 valence electrons. The Morgan fingerprint density at radius 1 is 1.44 bits per heavy atom. The fraction of sp³-hybridized carbons (Fsp3) is 0.455. The van der Waals surface area contributed by atoms with Crippen molar-refractivity contribution < 1.29 is 12.8 Å². The molecule has 5 heteroatoms. The van der Waals surface area contributed by atoms with Gasteiger partial charge >= 0.3 is 0 Å². The highest BCUT2D eigenvalue weighted by Crippen LogP contribution is 2.20. The Hall–Kier alpha value is -1.10. The van der Waals surface area contributed by atoms with Crippen molar-refractivity contribution in [3.8, 4) is 0 Å². The number of aryl methyl sites for hydroxylation is 1. The summed E-state index contributed by atoms with van der Waals surface area (Å²) in [5.74, 6) is -0.0392. The highest BCUT2D eigenvalue weighted by molar-refractivity contribution is 7.91. The Morgan fingerprint density at radius 3 is 2.75 bits per heavy atom. The molecule has 1 aliphatic rings. The van der Waals surface area contributed by atoms with Crippen molar-refractivity contribution in [2.45, 2.75) is 19.4 Å². The van der Waals surface area contributed by atoms with Crippen molar-refractivity contribution in [3.05, 3.63) is 29.6 Å². The van der Waals surface area contributed by atoms with E-state index < -0.39 is 9.84 Å². The minimum Gasteiger partial charge on any atom is -0.379 e. The SMILES string of the molecule is Cc1ccc(NC2CCS(=O)(=O)C2)c(F)c1. The van der Waals surface area contributed by atoms with Gasteiger partial charge in [0.15, 0.2) is 9.84 Å². The van der Waals surface area contributed by atoms with Gasteiger partial charge < -0.3 is 5.32 Å². The number of hydrogen-bond acceptors (Lipinski definition) is 3. The zero-order valence-electron chi connectivity index (χ0n) is 9.03. The molecule has 1 aromatic carbocycles. The van der Waals surface area contributed by atoms with Gasteiger partial charge in [0, 0.05) is 6.04 Å². The number of benzene rings is 1. The maximum Gasteiger partial charge on any atom is 0.152 e. The van der Waals surface area contributed by atoms with Gasteiger partial charge in [-0.1, -0.05) is 6.07 Å². The molecule has 0 aliphatic carbocycles. The van der Waals surface area contributed by atoms with E-state index in [9.17, 15) is 12.8 Å². The summed E-state index contributed by atoms with van der Waals surface area (Å²) in [7, 11) is -2.92. The van der Waals surface area contributed by atoms with Gasteiger partial charge in [0.25, 0.3) is 0 Å². The first-order valence-corrected chi connectivity index (χ1v) is 7.01. The summed E-state index contributed by atoms with van der Waals surface area (Å²) in [6.07, 6.45) is 0.551. The molecule has 0 radical (unpaired) electrons. The lowest BCUT2D eigenvalue weighted by Crippen LogP contribution is -2.21. The van der Waals surface area contributed by atoms with Gasteiger partial charge in [-0.25, -0.2) is 12.8 Å². The van der Waals surface area contributed by atoms with E-state index in [2.05, 4.69) is 5.32 Å². The van der Waals surface area contributed by atoms with Crippen molar-refractivity contribution in [1.82, 2.24) is 0 Å². The van der Waals surface area contributed by atoms with Gasteiger partial charge in [-0.05, 0) is 31.0 Å². The number of hydrogen-bond donors (Lipinski definition) is 1. The third-order valence-electron chi connectivity index (χ3n) is 2.72. The maximum atomic E-state index is 13.5. The van der Waals surface area contributed by atoms with Gasteiger partial charge in [0.05, 0.1) is 17.2 Å². The van der Waals surface area contributed by atoms with E-state index in [-0.39, 0.29) is 23.4 Å². The molecule has 0 spiro atoms. The smallest absolute Gasteiger partial charge is 0.152 e. The zero-order valence-corrected chi connectivity index (χ0v) is 9.85. The molecule has 1 heterocycles. The minimum atomic E-state index is -2.92. The van der Waals surface area contributed by atoms with Gasteiger partial charge in [0.1, 0.15) is 5.82 Å². The van der Waals surface area contributed by atoms with E-state index in [0.29, 0.717) is 12.1 Å². The summed E-state index contributed by atoms with van der Waals surface area (Å²) in [5.41, 5.74) is 1.23. The van der Waals surface area contributed by atoms with Gasteiger partial charge in [-0.3, -0.25) is 0 Å². The molecule has 0 saturated carbocycles. The third kappa shape index (κ3) is 2.52. The molecule has 1 atom stereocenters.